The van der Waals surface area contributed by atoms with Crippen LogP contribution < -0.4 is 0 Å². The normalized spacial score (nSPS) is 19.6. The summed E-state index contributed by atoms with van der Waals surface area (Å²) in [6.07, 6.45) is 0.852. The van der Waals surface area contributed by atoms with E-state index in [0.29, 0.717) is 19.0 Å². The number of carbonyl (C=O) groups is 1. The van der Waals surface area contributed by atoms with Crippen molar-refractivity contribution >= 4 is 17.5 Å². The lowest BCUT2D eigenvalue weighted by molar-refractivity contribution is 0.0785. The minimum Gasteiger partial charge on any atom is -0.507 e. The van der Waals surface area contributed by atoms with Gasteiger partial charge in [-0.25, -0.2) is 4.39 Å². The van der Waals surface area contributed by atoms with Gasteiger partial charge in [-0.05, 0) is 30.5 Å². The predicted octanol–water partition coefficient (Wildman–Crippen LogP) is 2.23. The number of phenolic OH excluding ortho intramolecular Hbond substituents is 1. The molecule has 0 saturated carbocycles. The molecule has 3 nitrogen and oxygen atoms in total. The molecule has 1 heterocycles. The zero-order valence-electron chi connectivity index (χ0n) is 9.20. The molecule has 1 N–H and O–H groups in total. The maximum atomic E-state index is 13.0. The number of rotatable bonds is 2. The summed E-state index contributed by atoms with van der Waals surface area (Å²) < 4.78 is 13.0. The molecule has 1 unspecified atom stereocenters. The Morgan fingerprint density at radius 1 is 1.59 bits per heavy atom. The third kappa shape index (κ3) is 2.52. The SMILES string of the molecule is O=C(c1cc(F)ccc1O)N1CCC(CCl)C1. The lowest BCUT2D eigenvalue weighted by Gasteiger charge is -2.16. The third-order valence-electron chi connectivity index (χ3n) is 2.98. The van der Waals surface area contributed by atoms with Crippen LogP contribution in [0, 0.1) is 11.7 Å². The number of halogens is 2. The Hall–Kier alpha value is -1.29. The fraction of sp³-hybridized carbons (Fsp3) is 0.417. The lowest BCUT2D eigenvalue weighted by Crippen LogP contribution is -2.29. The second-order valence-electron chi connectivity index (χ2n) is 4.22. The molecule has 2 rings (SSSR count). The summed E-state index contributed by atoms with van der Waals surface area (Å²) in [5.74, 6) is -0.255. The Bertz CT molecular complexity index is 439. The van der Waals surface area contributed by atoms with E-state index in [-0.39, 0.29) is 23.1 Å². The van der Waals surface area contributed by atoms with Gasteiger partial charge in [-0.1, -0.05) is 0 Å². The fourth-order valence-electron chi connectivity index (χ4n) is 1.99. The Morgan fingerprint density at radius 2 is 2.35 bits per heavy atom. The van der Waals surface area contributed by atoms with Crippen molar-refractivity contribution in [3.05, 3.63) is 29.6 Å². The molecule has 1 aromatic rings. The van der Waals surface area contributed by atoms with Crippen LogP contribution in [0.25, 0.3) is 0 Å². The first-order valence-corrected chi connectivity index (χ1v) is 5.99. The minimum absolute atomic E-state index is 0.0141. The smallest absolute Gasteiger partial charge is 0.257 e. The molecule has 1 amide bonds. The zero-order chi connectivity index (χ0) is 12.4. The molecular formula is C12H13ClFNO2. The number of hydrogen-bond acceptors (Lipinski definition) is 2. The maximum Gasteiger partial charge on any atom is 0.257 e. The van der Waals surface area contributed by atoms with E-state index in [1.807, 2.05) is 0 Å². The highest BCUT2D eigenvalue weighted by Crippen LogP contribution is 2.24. The Morgan fingerprint density at radius 3 is 3.00 bits per heavy atom. The molecule has 1 aliphatic rings. The average molecular weight is 258 g/mol. The van der Waals surface area contributed by atoms with Gasteiger partial charge in [0, 0.05) is 19.0 Å². The van der Waals surface area contributed by atoms with E-state index in [9.17, 15) is 14.3 Å². The third-order valence-corrected chi connectivity index (χ3v) is 3.42. The number of amides is 1. The largest absolute Gasteiger partial charge is 0.507 e. The molecule has 0 aromatic heterocycles. The summed E-state index contributed by atoms with van der Waals surface area (Å²) in [7, 11) is 0. The minimum atomic E-state index is -0.528. The van der Waals surface area contributed by atoms with Gasteiger partial charge >= 0.3 is 0 Å². The van der Waals surface area contributed by atoms with Crippen molar-refractivity contribution in [2.24, 2.45) is 5.92 Å². The van der Waals surface area contributed by atoms with Crippen molar-refractivity contribution in [2.45, 2.75) is 6.42 Å². The number of phenols is 1. The van der Waals surface area contributed by atoms with Crippen LogP contribution in [0.1, 0.15) is 16.8 Å². The van der Waals surface area contributed by atoms with E-state index in [1.165, 1.54) is 6.07 Å². The molecular weight excluding hydrogens is 245 g/mol. The van der Waals surface area contributed by atoms with Crippen LogP contribution in [0.3, 0.4) is 0 Å². The van der Waals surface area contributed by atoms with Gasteiger partial charge in [0.1, 0.15) is 11.6 Å². The van der Waals surface area contributed by atoms with Gasteiger partial charge in [-0.3, -0.25) is 4.79 Å². The summed E-state index contributed by atoms with van der Waals surface area (Å²) in [5, 5.41) is 9.55. The first-order chi connectivity index (χ1) is 8.11. The highest BCUT2D eigenvalue weighted by molar-refractivity contribution is 6.18. The standard InChI is InChI=1S/C12H13ClFNO2/c13-6-8-3-4-15(7-8)12(17)10-5-9(14)1-2-11(10)16/h1-2,5,8,16H,3-4,6-7H2. The van der Waals surface area contributed by atoms with Crippen LogP contribution in [0.4, 0.5) is 4.39 Å². The first kappa shape index (κ1) is 12.2. The van der Waals surface area contributed by atoms with Gasteiger partial charge in [0.15, 0.2) is 0 Å². The molecule has 5 heteroatoms. The summed E-state index contributed by atoms with van der Waals surface area (Å²) in [5.41, 5.74) is 0.0141. The fourth-order valence-corrected chi connectivity index (χ4v) is 2.24. The second kappa shape index (κ2) is 4.92. The molecule has 92 valence electrons. The molecule has 0 radical (unpaired) electrons. The van der Waals surface area contributed by atoms with Crippen LogP contribution in [0.2, 0.25) is 0 Å². The Kier molecular flexibility index (Phi) is 3.52. The van der Waals surface area contributed by atoms with Crippen molar-refractivity contribution in [1.29, 1.82) is 0 Å². The second-order valence-corrected chi connectivity index (χ2v) is 4.53. The van der Waals surface area contributed by atoms with Crippen molar-refractivity contribution in [1.82, 2.24) is 4.90 Å². The highest BCUT2D eigenvalue weighted by Gasteiger charge is 2.27. The molecule has 0 aliphatic carbocycles. The summed E-state index contributed by atoms with van der Waals surface area (Å²) in [4.78, 5) is 13.6. The Labute approximate surface area is 104 Å². The number of likely N-dealkylation sites (tertiary alicyclic amines) is 1. The van der Waals surface area contributed by atoms with Crippen LogP contribution in [-0.2, 0) is 0 Å². The first-order valence-electron chi connectivity index (χ1n) is 5.45. The van der Waals surface area contributed by atoms with E-state index >= 15 is 0 Å². The van der Waals surface area contributed by atoms with Crippen LogP contribution >= 0.6 is 11.6 Å². The predicted molar refractivity (Wildman–Crippen MR) is 62.8 cm³/mol. The van der Waals surface area contributed by atoms with E-state index in [4.69, 9.17) is 11.6 Å². The molecule has 1 fully saturated rings. The van der Waals surface area contributed by atoms with Crippen molar-refractivity contribution in [3.8, 4) is 5.75 Å². The lowest BCUT2D eigenvalue weighted by atomic mass is 10.1. The topological polar surface area (TPSA) is 40.5 Å². The van der Waals surface area contributed by atoms with Crippen molar-refractivity contribution in [3.63, 3.8) is 0 Å². The van der Waals surface area contributed by atoms with Gasteiger partial charge in [-0.2, -0.15) is 0 Å². The highest BCUT2D eigenvalue weighted by atomic mass is 35.5. The van der Waals surface area contributed by atoms with E-state index in [0.717, 1.165) is 18.6 Å². The zero-order valence-corrected chi connectivity index (χ0v) is 9.95. The van der Waals surface area contributed by atoms with Gasteiger partial charge in [0.2, 0.25) is 0 Å². The number of carbonyl (C=O) groups excluding carboxylic acids is 1. The average Bonchev–Trinajstić information content (AvgIpc) is 2.80. The van der Waals surface area contributed by atoms with Crippen LogP contribution in [-0.4, -0.2) is 34.9 Å². The molecule has 1 atom stereocenters. The number of aromatic hydroxyl groups is 1. The molecule has 0 bridgehead atoms. The number of alkyl halides is 1. The molecule has 1 aliphatic heterocycles. The maximum absolute atomic E-state index is 13.0. The summed E-state index contributed by atoms with van der Waals surface area (Å²) in [6.45, 7) is 1.17. The van der Waals surface area contributed by atoms with Crippen molar-refractivity contribution < 1.29 is 14.3 Å². The van der Waals surface area contributed by atoms with Gasteiger partial charge in [0.25, 0.3) is 5.91 Å². The molecule has 1 saturated heterocycles. The molecule has 17 heavy (non-hydrogen) atoms. The number of hydrogen-bond donors (Lipinski definition) is 1. The Balaban J connectivity index is 2.17. The van der Waals surface area contributed by atoms with Crippen LogP contribution in [0.15, 0.2) is 18.2 Å². The van der Waals surface area contributed by atoms with E-state index in [2.05, 4.69) is 0 Å². The van der Waals surface area contributed by atoms with Gasteiger partial charge in [-0.15, -0.1) is 11.6 Å². The van der Waals surface area contributed by atoms with Gasteiger partial charge in [0.05, 0.1) is 5.56 Å². The van der Waals surface area contributed by atoms with Crippen molar-refractivity contribution in [2.75, 3.05) is 19.0 Å². The van der Waals surface area contributed by atoms with Crippen LogP contribution in [0.5, 0.6) is 5.75 Å². The number of benzene rings is 1. The molecule has 1 aromatic carbocycles. The monoisotopic (exact) mass is 257 g/mol. The van der Waals surface area contributed by atoms with E-state index in [1.54, 1.807) is 4.90 Å². The summed E-state index contributed by atoms with van der Waals surface area (Å²) in [6, 6.07) is 3.38. The molecule has 0 spiro atoms. The number of nitrogens with zero attached hydrogens (tertiary/aromatic N) is 1. The summed E-state index contributed by atoms with van der Waals surface area (Å²) >= 11 is 5.73. The quantitative estimate of drug-likeness (QED) is 0.826. The van der Waals surface area contributed by atoms with E-state index < -0.39 is 5.82 Å². The van der Waals surface area contributed by atoms with Gasteiger partial charge < -0.3 is 10.0 Å².